The molecule has 1 saturated heterocycles. The fraction of sp³-hybridized carbons (Fsp3) is 0.381. The molecule has 7 nitrogen and oxygen atoms in total. The average molecular weight is 469 g/mol. The molecule has 3 N–H and O–H groups in total. The van der Waals surface area contributed by atoms with Crippen molar-refractivity contribution in [1.29, 1.82) is 0 Å². The van der Waals surface area contributed by atoms with Crippen LogP contribution in [0.15, 0.2) is 36.4 Å². The number of amides is 2. The Morgan fingerprint density at radius 2 is 2.03 bits per heavy atom. The summed E-state index contributed by atoms with van der Waals surface area (Å²) in [6.45, 7) is 0.478. The number of hydrogen-bond donors (Lipinski definition) is 2. The molecule has 2 amide bonds. The van der Waals surface area contributed by atoms with Gasteiger partial charge in [-0.1, -0.05) is 0 Å². The number of nitrogens with one attached hydrogen (secondary N) is 1. The van der Waals surface area contributed by atoms with Gasteiger partial charge in [-0.05, 0) is 49.4 Å². The number of halogens is 3. The molecule has 2 aliphatic rings. The lowest BCUT2D eigenvalue weighted by Crippen LogP contribution is -2.58. The maximum atomic E-state index is 14.7. The zero-order valence-electron chi connectivity index (χ0n) is 17.5. The van der Waals surface area contributed by atoms with Gasteiger partial charge < -0.3 is 10.5 Å². The van der Waals surface area contributed by atoms with Crippen molar-refractivity contribution >= 4 is 17.8 Å². The first kappa shape index (κ1) is 22.7. The molecule has 0 saturated carbocycles. The summed E-state index contributed by atoms with van der Waals surface area (Å²) in [6.07, 6.45) is 0.434. The summed E-state index contributed by atoms with van der Waals surface area (Å²) in [5.74, 6) is -1.76. The van der Waals surface area contributed by atoms with Gasteiger partial charge in [0.25, 0.3) is 0 Å². The highest BCUT2D eigenvalue weighted by Crippen LogP contribution is 2.60. The third kappa shape index (κ3) is 3.68. The van der Waals surface area contributed by atoms with E-state index in [0.29, 0.717) is 17.7 Å². The number of nitrogens with two attached hydrogens (primary N) is 1. The molecule has 11 heteroatoms. The zero-order valence-corrected chi connectivity index (χ0v) is 18.3. The van der Waals surface area contributed by atoms with Gasteiger partial charge in [0.15, 0.2) is 0 Å². The molecule has 0 radical (unpaired) electrons. The number of nitrogens with zero attached hydrogens (tertiary/aromatic N) is 2. The van der Waals surface area contributed by atoms with E-state index in [-0.39, 0.29) is 24.6 Å². The molecule has 4 rings (SSSR count). The summed E-state index contributed by atoms with van der Waals surface area (Å²) in [5, 5.41) is 1.43. The molecule has 3 unspecified atom stereocenters. The number of carbonyl (C=O) groups excluding carboxylic acids is 1. The van der Waals surface area contributed by atoms with E-state index >= 15 is 0 Å². The van der Waals surface area contributed by atoms with Gasteiger partial charge in [-0.15, -0.1) is 11.8 Å². The van der Waals surface area contributed by atoms with Crippen LogP contribution in [0, 0.1) is 23.4 Å². The van der Waals surface area contributed by atoms with Crippen LogP contribution in [-0.2, 0) is 9.71 Å². The summed E-state index contributed by atoms with van der Waals surface area (Å²) in [7, 11) is 2.74. The number of thioether (sulfide) groups is 1. The van der Waals surface area contributed by atoms with Gasteiger partial charge in [0.2, 0.25) is 0 Å². The van der Waals surface area contributed by atoms with E-state index in [1.165, 1.54) is 49.1 Å². The van der Waals surface area contributed by atoms with Crippen molar-refractivity contribution in [3.8, 4) is 5.75 Å². The summed E-state index contributed by atoms with van der Waals surface area (Å²) in [5.41, 5.74) is 9.28. The van der Waals surface area contributed by atoms with Crippen LogP contribution < -0.4 is 15.9 Å². The maximum Gasteiger partial charge on any atom is 0.359 e. The molecule has 172 valence electrons. The smallest absolute Gasteiger partial charge is 0.359 e. The van der Waals surface area contributed by atoms with Crippen LogP contribution in [0.5, 0.6) is 5.75 Å². The number of carbonyl (C=O) groups is 1. The lowest BCUT2D eigenvalue weighted by molar-refractivity contribution is -0.0904. The van der Waals surface area contributed by atoms with Crippen LogP contribution in [0.1, 0.15) is 22.9 Å². The molecule has 0 aromatic heterocycles. The Morgan fingerprint density at radius 1 is 1.31 bits per heavy atom. The SMILES string of the molecule is CON(C)C(=O)N1NC(c2cc(F)ccc2F)SC12c1cc(F)ccc1OCC2CCN. The second kappa shape index (κ2) is 8.81. The number of benzene rings is 2. The zero-order chi connectivity index (χ0) is 23.0. The quantitative estimate of drug-likeness (QED) is 0.669. The van der Waals surface area contributed by atoms with E-state index in [2.05, 4.69) is 5.43 Å². The predicted octanol–water partition coefficient (Wildman–Crippen LogP) is 3.48. The van der Waals surface area contributed by atoms with E-state index in [1.54, 1.807) is 0 Å². The second-order valence-corrected chi connectivity index (χ2v) is 8.84. The lowest BCUT2D eigenvalue weighted by atomic mass is 9.86. The number of hydrazine groups is 1. The van der Waals surface area contributed by atoms with Crippen molar-refractivity contribution in [2.75, 3.05) is 27.3 Å². The molecule has 0 bridgehead atoms. The Kier molecular flexibility index (Phi) is 6.26. The summed E-state index contributed by atoms with van der Waals surface area (Å²) in [4.78, 5) is 17.2. The van der Waals surface area contributed by atoms with Gasteiger partial charge in [-0.3, -0.25) is 4.84 Å². The van der Waals surface area contributed by atoms with E-state index in [0.717, 1.165) is 23.3 Å². The first-order valence-electron chi connectivity index (χ1n) is 9.95. The summed E-state index contributed by atoms with van der Waals surface area (Å²) in [6, 6.07) is 6.57. The van der Waals surface area contributed by atoms with Crippen molar-refractivity contribution in [3.63, 3.8) is 0 Å². The summed E-state index contributed by atoms with van der Waals surface area (Å²) >= 11 is 1.18. The second-order valence-electron chi connectivity index (χ2n) is 7.51. The first-order valence-corrected chi connectivity index (χ1v) is 10.8. The van der Waals surface area contributed by atoms with Gasteiger partial charge >= 0.3 is 6.03 Å². The van der Waals surface area contributed by atoms with Crippen molar-refractivity contribution < 1.29 is 27.5 Å². The van der Waals surface area contributed by atoms with Gasteiger partial charge in [0.05, 0.1) is 13.7 Å². The minimum absolute atomic E-state index is 0.0284. The first-order chi connectivity index (χ1) is 15.3. The van der Waals surface area contributed by atoms with E-state index < -0.39 is 33.7 Å². The van der Waals surface area contributed by atoms with Gasteiger partial charge in [0, 0.05) is 24.1 Å². The monoisotopic (exact) mass is 468 g/mol. The van der Waals surface area contributed by atoms with E-state index in [4.69, 9.17) is 15.3 Å². The summed E-state index contributed by atoms with van der Waals surface area (Å²) < 4.78 is 48.9. The fourth-order valence-electron chi connectivity index (χ4n) is 4.11. The Balaban J connectivity index is 1.91. The van der Waals surface area contributed by atoms with Gasteiger partial charge in [-0.2, -0.15) is 0 Å². The topological polar surface area (TPSA) is 80.1 Å². The van der Waals surface area contributed by atoms with Crippen LogP contribution in [0.4, 0.5) is 18.0 Å². The third-order valence-electron chi connectivity index (χ3n) is 5.69. The third-order valence-corrected chi connectivity index (χ3v) is 7.38. The number of fused-ring (bicyclic) bond motifs is 2. The molecule has 2 aliphatic heterocycles. The van der Waals surface area contributed by atoms with Gasteiger partial charge in [-0.25, -0.2) is 33.5 Å². The minimum Gasteiger partial charge on any atom is -0.493 e. The van der Waals surface area contributed by atoms with Gasteiger partial charge in [0.1, 0.15) is 33.4 Å². The van der Waals surface area contributed by atoms with E-state index in [9.17, 15) is 18.0 Å². The predicted molar refractivity (Wildman–Crippen MR) is 113 cm³/mol. The van der Waals surface area contributed by atoms with Crippen molar-refractivity contribution in [2.45, 2.75) is 16.7 Å². The highest BCUT2D eigenvalue weighted by Gasteiger charge is 2.59. The fourth-order valence-corrected chi connectivity index (χ4v) is 5.84. The normalized spacial score (nSPS) is 24.4. The number of rotatable bonds is 4. The number of hydrogen-bond acceptors (Lipinski definition) is 6. The van der Waals surface area contributed by atoms with Crippen molar-refractivity contribution in [3.05, 3.63) is 65.0 Å². The Bertz CT molecular complexity index is 1030. The van der Waals surface area contributed by atoms with Crippen molar-refractivity contribution in [2.24, 2.45) is 11.7 Å². The molecule has 2 aromatic carbocycles. The Hall–Kier alpha value is -2.47. The number of hydroxylamine groups is 2. The molecule has 1 fully saturated rings. The highest BCUT2D eigenvalue weighted by molar-refractivity contribution is 8.00. The van der Waals surface area contributed by atoms with Crippen LogP contribution in [0.2, 0.25) is 0 Å². The maximum absolute atomic E-state index is 14.7. The highest BCUT2D eigenvalue weighted by atomic mass is 32.2. The Morgan fingerprint density at radius 3 is 2.75 bits per heavy atom. The molecule has 0 aliphatic carbocycles. The molecule has 2 aromatic rings. The molecule has 2 heterocycles. The van der Waals surface area contributed by atoms with Crippen LogP contribution in [0.3, 0.4) is 0 Å². The minimum atomic E-state index is -1.22. The molecular weight excluding hydrogens is 445 g/mol. The van der Waals surface area contributed by atoms with Crippen LogP contribution in [-0.4, -0.2) is 43.4 Å². The Labute approximate surface area is 187 Å². The molecular formula is C21H23F3N4O3S. The largest absolute Gasteiger partial charge is 0.493 e. The molecule has 3 atom stereocenters. The molecule has 1 spiro atoms. The number of ether oxygens (including phenoxy) is 1. The number of urea groups is 1. The standard InChI is InChI=1S/C21H23F3N4O3S/c1-27(30-2)20(29)28-21(32-19(26-28)15-9-13(22)3-5-17(15)24)12(7-8-25)11-31-18-6-4-14(23)10-16(18)21/h3-6,9-10,12,19,26H,7-8,11,25H2,1-2H3. The van der Waals surface area contributed by atoms with E-state index in [1.807, 2.05) is 0 Å². The lowest BCUT2D eigenvalue weighted by Gasteiger charge is -2.46. The van der Waals surface area contributed by atoms with Crippen molar-refractivity contribution in [1.82, 2.24) is 15.5 Å². The average Bonchev–Trinajstić information content (AvgIpc) is 3.17. The van der Waals surface area contributed by atoms with Crippen LogP contribution in [0.25, 0.3) is 0 Å². The molecule has 32 heavy (non-hydrogen) atoms. The van der Waals surface area contributed by atoms with Crippen LogP contribution >= 0.6 is 11.8 Å².